The van der Waals surface area contributed by atoms with E-state index in [9.17, 15) is 13.2 Å². The Bertz CT molecular complexity index is 1050. The summed E-state index contributed by atoms with van der Waals surface area (Å²) in [6, 6.07) is 13.8. The van der Waals surface area contributed by atoms with E-state index < -0.39 is 10.0 Å². The van der Waals surface area contributed by atoms with Crippen molar-refractivity contribution in [2.24, 2.45) is 0 Å². The summed E-state index contributed by atoms with van der Waals surface area (Å²) >= 11 is 0. The molecule has 124 valence electrons. The van der Waals surface area contributed by atoms with Gasteiger partial charge in [-0.3, -0.25) is 14.1 Å². The fraction of sp³-hybridized carbons (Fsp3) is 0.176. The Balaban J connectivity index is 2.07. The maximum atomic E-state index is 12.7. The summed E-state index contributed by atoms with van der Waals surface area (Å²) in [4.78, 5) is 17.2. The van der Waals surface area contributed by atoms with Gasteiger partial charge in [0.1, 0.15) is 5.82 Å². The molecule has 6 nitrogen and oxygen atoms in total. The molecule has 2 aromatic carbocycles. The zero-order chi connectivity index (χ0) is 17.3. The molecule has 24 heavy (non-hydrogen) atoms. The van der Waals surface area contributed by atoms with Crippen molar-refractivity contribution in [1.82, 2.24) is 9.55 Å². The molecule has 0 radical (unpaired) electrons. The summed E-state index contributed by atoms with van der Waals surface area (Å²) in [6.07, 6.45) is 0. The van der Waals surface area contributed by atoms with Crippen molar-refractivity contribution in [3.05, 3.63) is 64.7 Å². The van der Waals surface area contributed by atoms with Crippen molar-refractivity contribution < 1.29 is 8.42 Å². The third-order valence-electron chi connectivity index (χ3n) is 3.72. The van der Waals surface area contributed by atoms with Crippen molar-refractivity contribution in [2.75, 3.05) is 10.5 Å². The number of nitrogens with zero attached hydrogens (tertiary/aromatic N) is 2. The van der Waals surface area contributed by atoms with E-state index >= 15 is 0 Å². The van der Waals surface area contributed by atoms with E-state index in [2.05, 4.69) is 9.71 Å². The topological polar surface area (TPSA) is 81.1 Å². The lowest BCUT2D eigenvalue weighted by Gasteiger charge is -2.12. The zero-order valence-corrected chi connectivity index (χ0v) is 14.2. The highest BCUT2D eigenvalue weighted by atomic mass is 32.2. The van der Waals surface area contributed by atoms with E-state index in [0.717, 1.165) is 0 Å². The van der Waals surface area contributed by atoms with Crippen LogP contribution in [0.3, 0.4) is 0 Å². The Morgan fingerprint density at radius 2 is 1.75 bits per heavy atom. The van der Waals surface area contributed by atoms with Crippen LogP contribution in [0.1, 0.15) is 12.7 Å². The van der Waals surface area contributed by atoms with Gasteiger partial charge in [0.05, 0.1) is 22.3 Å². The number of aryl methyl sites for hydroxylation is 1. The quantitative estimate of drug-likeness (QED) is 0.789. The lowest BCUT2D eigenvalue weighted by molar-refractivity contribution is 0.602. The van der Waals surface area contributed by atoms with Crippen LogP contribution in [0, 0.1) is 6.92 Å². The molecule has 3 rings (SSSR count). The molecule has 1 heterocycles. The van der Waals surface area contributed by atoms with Crippen LogP contribution < -0.4 is 10.3 Å². The highest BCUT2D eigenvalue weighted by Crippen LogP contribution is 2.16. The normalized spacial score (nSPS) is 11.6. The second-order valence-electron chi connectivity index (χ2n) is 5.37. The standard InChI is InChI=1S/C17H17N3O3S/c1-3-24(22,23)19-13-8-10-14(11-9-13)20-12(2)18-16-7-5-4-6-15(16)17(20)21/h4-11,19H,3H2,1-2H3. The first-order valence-electron chi connectivity index (χ1n) is 7.50. The molecule has 0 spiro atoms. The fourth-order valence-electron chi connectivity index (χ4n) is 2.48. The van der Waals surface area contributed by atoms with Gasteiger partial charge in [0.2, 0.25) is 10.0 Å². The zero-order valence-electron chi connectivity index (χ0n) is 13.4. The van der Waals surface area contributed by atoms with Gasteiger partial charge in [0.15, 0.2) is 0 Å². The minimum atomic E-state index is -3.33. The van der Waals surface area contributed by atoms with E-state index in [4.69, 9.17) is 0 Å². The Hall–Kier alpha value is -2.67. The lowest BCUT2D eigenvalue weighted by Crippen LogP contribution is -2.22. The second-order valence-corrected chi connectivity index (χ2v) is 7.38. The highest BCUT2D eigenvalue weighted by molar-refractivity contribution is 7.92. The molecule has 0 aliphatic carbocycles. The first kappa shape index (κ1) is 16.2. The molecule has 0 bridgehead atoms. The van der Waals surface area contributed by atoms with Gasteiger partial charge in [-0.1, -0.05) is 12.1 Å². The first-order valence-corrected chi connectivity index (χ1v) is 9.16. The molecule has 0 saturated heterocycles. The van der Waals surface area contributed by atoms with Gasteiger partial charge in [-0.05, 0) is 50.2 Å². The average molecular weight is 343 g/mol. The molecule has 0 aliphatic rings. The van der Waals surface area contributed by atoms with E-state index in [1.54, 1.807) is 56.3 Å². The SMILES string of the molecule is CCS(=O)(=O)Nc1ccc(-n2c(C)nc3ccccc3c2=O)cc1. The van der Waals surface area contributed by atoms with Crippen LogP contribution in [0.4, 0.5) is 5.69 Å². The van der Waals surface area contributed by atoms with Gasteiger partial charge in [-0.2, -0.15) is 0 Å². The van der Waals surface area contributed by atoms with Gasteiger partial charge in [-0.25, -0.2) is 13.4 Å². The van der Waals surface area contributed by atoms with E-state index in [1.807, 2.05) is 6.07 Å². The van der Waals surface area contributed by atoms with Crippen molar-refractivity contribution in [3.63, 3.8) is 0 Å². The number of anilines is 1. The number of para-hydroxylation sites is 1. The third kappa shape index (κ3) is 3.03. The third-order valence-corrected chi connectivity index (χ3v) is 5.03. The van der Waals surface area contributed by atoms with Gasteiger partial charge in [-0.15, -0.1) is 0 Å². The minimum absolute atomic E-state index is 0.00190. The molecule has 0 atom stereocenters. The van der Waals surface area contributed by atoms with Crippen molar-refractivity contribution >= 4 is 26.6 Å². The van der Waals surface area contributed by atoms with Crippen LogP contribution in [0.5, 0.6) is 0 Å². The fourth-order valence-corrected chi connectivity index (χ4v) is 3.12. The minimum Gasteiger partial charge on any atom is -0.284 e. The first-order chi connectivity index (χ1) is 11.4. The van der Waals surface area contributed by atoms with Gasteiger partial charge < -0.3 is 0 Å². The molecule has 0 unspecified atom stereocenters. The van der Waals surface area contributed by atoms with Crippen LogP contribution in [0.2, 0.25) is 0 Å². The Labute approximate surface area is 139 Å². The monoisotopic (exact) mass is 343 g/mol. The summed E-state index contributed by atoms with van der Waals surface area (Å²) in [7, 11) is -3.33. The molecule has 3 aromatic rings. The predicted molar refractivity (Wildman–Crippen MR) is 95.2 cm³/mol. The van der Waals surface area contributed by atoms with Crippen molar-refractivity contribution in [3.8, 4) is 5.69 Å². The average Bonchev–Trinajstić information content (AvgIpc) is 2.56. The van der Waals surface area contributed by atoms with Crippen molar-refractivity contribution in [2.45, 2.75) is 13.8 Å². The van der Waals surface area contributed by atoms with Crippen LogP contribution in [0.15, 0.2) is 53.3 Å². The van der Waals surface area contributed by atoms with Gasteiger partial charge in [0, 0.05) is 5.69 Å². The maximum absolute atomic E-state index is 12.7. The molecular weight excluding hydrogens is 326 g/mol. The van der Waals surface area contributed by atoms with Gasteiger partial charge in [0.25, 0.3) is 5.56 Å². The summed E-state index contributed by atoms with van der Waals surface area (Å²) in [5.74, 6) is 0.572. The molecule has 1 aromatic heterocycles. The Morgan fingerprint density at radius 3 is 2.42 bits per heavy atom. The van der Waals surface area contributed by atoms with Crippen LogP contribution in [-0.4, -0.2) is 23.7 Å². The summed E-state index contributed by atoms with van der Waals surface area (Å²) < 4.78 is 27.2. The molecule has 0 saturated carbocycles. The Kier molecular flexibility index (Phi) is 4.11. The van der Waals surface area contributed by atoms with Crippen molar-refractivity contribution in [1.29, 1.82) is 0 Å². The van der Waals surface area contributed by atoms with E-state index in [1.165, 1.54) is 4.57 Å². The number of sulfonamides is 1. The van der Waals surface area contributed by atoms with Crippen LogP contribution >= 0.6 is 0 Å². The number of hydrogen-bond acceptors (Lipinski definition) is 4. The Morgan fingerprint density at radius 1 is 1.08 bits per heavy atom. The number of rotatable bonds is 4. The highest BCUT2D eigenvalue weighted by Gasteiger charge is 2.10. The molecule has 0 aliphatic heterocycles. The molecule has 0 fully saturated rings. The maximum Gasteiger partial charge on any atom is 0.265 e. The molecular formula is C17H17N3O3S. The predicted octanol–water partition coefficient (Wildman–Crippen LogP) is 2.46. The van der Waals surface area contributed by atoms with E-state index in [0.29, 0.717) is 28.1 Å². The summed E-state index contributed by atoms with van der Waals surface area (Å²) in [6.45, 7) is 3.34. The number of fused-ring (bicyclic) bond motifs is 1. The lowest BCUT2D eigenvalue weighted by atomic mass is 10.2. The smallest absolute Gasteiger partial charge is 0.265 e. The number of aromatic nitrogens is 2. The van der Waals surface area contributed by atoms with Gasteiger partial charge >= 0.3 is 0 Å². The summed E-state index contributed by atoms with van der Waals surface area (Å²) in [5, 5.41) is 0.541. The van der Waals surface area contributed by atoms with Crippen LogP contribution in [-0.2, 0) is 10.0 Å². The van der Waals surface area contributed by atoms with Crippen LogP contribution in [0.25, 0.3) is 16.6 Å². The molecule has 1 N–H and O–H groups in total. The molecule has 0 amide bonds. The molecule has 7 heteroatoms. The second kappa shape index (κ2) is 6.09. The number of nitrogens with one attached hydrogen (secondary N) is 1. The largest absolute Gasteiger partial charge is 0.284 e. The number of benzene rings is 2. The summed E-state index contributed by atoms with van der Waals surface area (Å²) in [5.41, 5.74) is 1.60. The van der Waals surface area contributed by atoms with E-state index in [-0.39, 0.29) is 11.3 Å². The number of hydrogen-bond donors (Lipinski definition) is 1.